The minimum absolute atomic E-state index is 0.0168. The maximum Gasteiger partial charge on any atom is 0.174 e. The summed E-state index contributed by atoms with van der Waals surface area (Å²) in [4.78, 5) is 18.5. The maximum atomic E-state index is 8.54. The highest BCUT2D eigenvalue weighted by Gasteiger charge is 2.51. The van der Waals surface area contributed by atoms with Crippen LogP contribution in [0.1, 0.15) is 18.4 Å². The summed E-state index contributed by atoms with van der Waals surface area (Å²) in [6, 6.07) is 13.2. The van der Waals surface area contributed by atoms with Gasteiger partial charge in [-0.25, -0.2) is 0 Å². The molecule has 9 nitrogen and oxygen atoms in total. The van der Waals surface area contributed by atoms with Gasteiger partial charge in [0.05, 0.1) is 25.6 Å². The second-order valence-corrected chi connectivity index (χ2v) is 8.21. The first-order valence-electron chi connectivity index (χ1n) is 11.3. The Morgan fingerprint density at radius 3 is 2.59 bits per heavy atom. The lowest BCUT2D eigenvalue weighted by atomic mass is 9.60. The molecule has 1 saturated heterocycles. The fourth-order valence-electron chi connectivity index (χ4n) is 4.16. The van der Waals surface area contributed by atoms with Crippen molar-refractivity contribution in [2.24, 2.45) is 15.4 Å². The van der Waals surface area contributed by atoms with Crippen LogP contribution in [-0.4, -0.2) is 88.8 Å². The van der Waals surface area contributed by atoms with E-state index in [4.69, 9.17) is 19.9 Å². The van der Waals surface area contributed by atoms with Gasteiger partial charge in [-0.05, 0) is 37.6 Å². The van der Waals surface area contributed by atoms with Gasteiger partial charge in [0.2, 0.25) is 0 Å². The molecule has 9 heteroatoms. The number of carbonyl (C=O) groups excluding carboxylic acids is 1. The molecule has 3 N–H and O–H groups in total. The van der Waals surface area contributed by atoms with Crippen molar-refractivity contribution in [2.75, 3.05) is 53.0 Å². The van der Waals surface area contributed by atoms with Crippen LogP contribution in [0.3, 0.4) is 0 Å². The monoisotopic (exact) mass is 470 g/mol. The summed E-state index contributed by atoms with van der Waals surface area (Å²) in [6.07, 6.45) is 5.59. The predicted octanol–water partition coefficient (Wildman–Crippen LogP) is 1.41. The smallest absolute Gasteiger partial charge is 0.174 e. The molecule has 0 amide bonds. The first-order chi connectivity index (χ1) is 16.6. The first-order valence-corrected chi connectivity index (χ1v) is 11.3. The van der Waals surface area contributed by atoms with Crippen LogP contribution in [0.25, 0.3) is 0 Å². The molecule has 34 heavy (non-hydrogen) atoms. The van der Waals surface area contributed by atoms with E-state index in [-0.39, 0.29) is 13.2 Å². The molecule has 186 valence electrons. The number of rotatable bonds is 12. The van der Waals surface area contributed by atoms with Gasteiger partial charge in [0.1, 0.15) is 12.9 Å². The lowest BCUT2D eigenvalue weighted by molar-refractivity contribution is -0.0980. The second-order valence-electron chi connectivity index (χ2n) is 8.21. The highest BCUT2D eigenvalue weighted by molar-refractivity contribution is 5.75. The second kappa shape index (κ2) is 17.6. The number of aliphatic hydroxyl groups is 1. The van der Waals surface area contributed by atoms with Crippen molar-refractivity contribution in [3.05, 3.63) is 47.9 Å². The Kier molecular flexibility index (Phi) is 15.0. The van der Waals surface area contributed by atoms with E-state index >= 15 is 0 Å². The molecule has 0 atom stereocenters. The average Bonchev–Trinajstić information content (AvgIpc) is 2.82. The minimum atomic E-state index is -0.0168. The first kappa shape index (κ1) is 29.1. The number of hydrogen-bond donors (Lipinski definition) is 3. The van der Waals surface area contributed by atoms with Crippen LogP contribution in [0.15, 0.2) is 52.3 Å². The third-order valence-electron chi connectivity index (χ3n) is 5.50. The average molecular weight is 471 g/mol. The third kappa shape index (κ3) is 10.8. The molecule has 1 aromatic rings. The van der Waals surface area contributed by atoms with E-state index in [1.54, 1.807) is 13.3 Å². The van der Waals surface area contributed by atoms with Crippen molar-refractivity contribution in [2.45, 2.75) is 25.4 Å². The minimum Gasteiger partial charge on any atom is -0.476 e. The Labute approximate surface area is 203 Å². The number of likely N-dealkylation sites (N-methyl/N-ethyl adjacent to an activating group) is 1. The SMILES string of the molecule is C=N/C=C(\C=NCCNC1CC2(C1)CN(Cc1ccccc1)C2)OCC#N.C=O.CNCCO. The highest BCUT2D eigenvalue weighted by Crippen LogP contribution is 2.48. The normalized spacial score (nSPS) is 16.8. The van der Waals surface area contributed by atoms with E-state index in [9.17, 15) is 0 Å². The molecule has 1 aliphatic heterocycles. The van der Waals surface area contributed by atoms with Gasteiger partial charge in [-0.1, -0.05) is 30.3 Å². The van der Waals surface area contributed by atoms with Crippen molar-refractivity contribution in [3.8, 4) is 6.07 Å². The molecule has 0 aromatic heterocycles. The van der Waals surface area contributed by atoms with Crippen LogP contribution in [0.5, 0.6) is 0 Å². The maximum absolute atomic E-state index is 8.54. The van der Waals surface area contributed by atoms with Gasteiger partial charge in [0.15, 0.2) is 12.4 Å². The molecule has 2 fully saturated rings. The van der Waals surface area contributed by atoms with Crippen molar-refractivity contribution >= 4 is 19.7 Å². The van der Waals surface area contributed by atoms with Crippen molar-refractivity contribution in [3.63, 3.8) is 0 Å². The summed E-state index contributed by atoms with van der Waals surface area (Å²) in [5.74, 6) is 0.460. The van der Waals surface area contributed by atoms with Crippen molar-refractivity contribution < 1.29 is 14.6 Å². The third-order valence-corrected chi connectivity index (χ3v) is 5.50. The van der Waals surface area contributed by atoms with Gasteiger partial charge in [-0.3, -0.25) is 14.9 Å². The lowest BCUT2D eigenvalue weighted by Crippen LogP contribution is -2.65. The molecular weight excluding hydrogens is 432 g/mol. The van der Waals surface area contributed by atoms with Crippen molar-refractivity contribution in [1.29, 1.82) is 5.26 Å². The molecule has 1 aliphatic carbocycles. The number of aliphatic imine (C=N–C) groups is 2. The number of benzene rings is 1. The van der Waals surface area contributed by atoms with E-state index in [1.807, 2.05) is 12.9 Å². The Bertz CT molecular complexity index is 778. The number of allylic oxidation sites excluding steroid dienone is 1. The van der Waals surface area contributed by atoms with Crippen LogP contribution >= 0.6 is 0 Å². The van der Waals surface area contributed by atoms with E-state index in [0.717, 1.165) is 13.1 Å². The molecule has 2 aliphatic rings. The number of carbonyl (C=O) groups is 1. The summed E-state index contributed by atoms with van der Waals surface area (Å²) >= 11 is 0. The Hall–Kier alpha value is -2.90. The molecule has 0 unspecified atom stereocenters. The predicted molar refractivity (Wildman–Crippen MR) is 136 cm³/mol. The van der Waals surface area contributed by atoms with E-state index in [1.165, 1.54) is 37.7 Å². The zero-order valence-corrected chi connectivity index (χ0v) is 20.2. The fraction of sp³-hybridized carbons (Fsp3) is 0.520. The quantitative estimate of drug-likeness (QED) is 0.240. The molecule has 1 heterocycles. The van der Waals surface area contributed by atoms with E-state index < -0.39 is 0 Å². The van der Waals surface area contributed by atoms with Crippen molar-refractivity contribution in [1.82, 2.24) is 15.5 Å². The number of ether oxygens (including phenoxy) is 1. The largest absolute Gasteiger partial charge is 0.476 e. The molecule has 0 radical (unpaired) electrons. The highest BCUT2D eigenvalue weighted by atomic mass is 16.5. The van der Waals surface area contributed by atoms with Crippen LogP contribution < -0.4 is 10.6 Å². The molecule has 0 bridgehead atoms. The topological polar surface area (TPSA) is 122 Å². The summed E-state index contributed by atoms with van der Waals surface area (Å²) in [5.41, 5.74) is 1.95. The number of nitrogens with one attached hydrogen (secondary N) is 2. The fourth-order valence-corrected chi connectivity index (χ4v) is 4.16. The Morgan fingerprint density at radius 2 is 2.03 bits per heavy atom. The number of likely N-dealkylation sites (tertiary alicyclic amines) is 1. The summed E-state index contributed by atoms with van der Waals surface area (Å²) in [5, 5.41) is 22.9. The van der Waals surface area contributed by atoms with Crippen LogP contribution in [0, 0.1) is 16.7 Å². The zero-order valence-electron chi connectivity index (χ0n) is 20.2. The number of hydrogen-bond acceptors (Lipinski definition) is 9. The Morgan fingerprint density at radius 1 is 1.32 bits per heavy atom. The molecule has 1 spiro atoms. The lowest BCUT2D eigenvalue weighted by Gasteiger charge is -2.59. The van der Waals surface area contributed by atoms with E-state index in [0.29, 0.717) is 30.3 Å². The summed E-state index contributed by atoms with van der Waals surface area (Å²) < 4.78 is 5.19. The van der Waals surface area contributed by atoms with Gasteiger partial charge in [0.25, 0.3) is 0 Å². The summed E-state index contributed by atoms with van der Waals surface area (Å²) in [6.45, 7) is 11.3. The van der Waals surface area contributed by atoms with Gasteiger partial charge in [-0.2, -0.15) is 5.26 Å². The number of nitriles is 1. The number of nitrogens with zero attached hydrogens (tertiary/aromatic N) is 4. The number of aliphatic hydroxyl groups excluding tert-OH is 1. The van der Waals surface area contributed by atoms with Crippen LogP contribution in [-0.2, 0) is 16.1 Å². The van der Waals surface area contributed by atoms with Crippen LogP contribution in [0.2, 0.25) is 0 Å². The van der Waals surface area contributed by atoms with E-state index in [2.05, 4.69) is 62.6 Å². The van der Waals surface area contributed by atoms with Gasteiger partial charge >= 0.3 is 0 Å². The zero-order chi connectivity index (χ0) is 25.1. The van der Waals surface area contributed by atoms with Gasteiger partial charge in [-0.15, -0.1) is 0 Å². The van der Waals surface area contributed by atoms with Crippen LogP contribution in [0.4, 0.5) is 0 Å². The summed E-state index contributed by atoms with van der Waals surface area (Å²) in [7, 11) is 1.80. The molecule has 3 rings (SSSR count). The molecule has 1 saturated carbocycles. The standard InChI is InChI=1S/C21H27N5O.C3H9NO.CH2O/c1-23-13-20(27-10-7-22)14-24-8-9-25-19-11-21(12-19)16-26(17-21)15-18-5-3-2-4-6-18;1-4-2-3-5;1-2/h2-6,13-14,19,25H,1,8-12,15-17H2;4-5H,2-3H2,1H3;1H2/b20-13+,24-14?;;. The van der Waals surface area contributed by atoms with Gasteiger partial charge in [0, 0.05) is 38.8 Å². The van der Waals surface area contributed by atoms with Gasteiger partial charge < -0.3 is 25.3 Å². The molecular formula is C25H38N6O3. The Balaban J connectivity index is 0.000000733. The molecule has 1 aromatic carbocycles.